The maximum atomic E-state index is 4.54. The van der Waals surface area contributed by atoms with Gasteiger partial charge >= 0.3 is 0 Å². The van der Waals surface area contributed by atoms with Crippen LogP contribution >= 0.6 is 0 Å². The van der Waals surface area contributed by atoms with Gasteiger partial charge in [0.1, 0.15) is 11.6 Å². The lowest BCUT2D eigenvalue weighted by Crippen LogP contribution is -2.35. The highest BCUT2D eigenvalue weighted by Gasteiger charge is 2.24. The molecule has 0 saturated carbocycles. The van der Waals surface area contributed by atoms with Crippen LogP contribution in [0.5, 0.6) is 0 Å². The first-order valence-corrected chi connectivity index (χ1v) is 6.42. The van der Waals surface area contributed by atoms with Gasteiger partial charge in [-0.25, -0.2) is 9.67 Å². The highest BCUT2D eigenvalue weighted by molar-refractivity contribution is 5.01. The van der Waals surface area contributed by atoms with E-state index in [0.717, 1.165) is 18.2 Å². The van der Waals surface area contributed by atoms with Crippen LogP contribution in [-0.4, -0.2) is 20.8 Å². The summed E-state index contributed by atoms with van der Waals surface area (Å²) in [5.74, 6) is 2.03. The molecule has 1 unspecified atom stereocenters. The molecule has 4 heteroatoms. The van der Waals surface area contributed by atoms with Crippen molar-refractivity contribution in [2.45, 2.75) is 65.1 Å². The Balaban J connectivity index is 2.12. The van der Waals surface area contributed by atoms with E-state index in [1.807, 2.05) is 6.92 Å². The van der Waals surface area contributed by atoms with Crippen LogP contribution in [-0.2, 0) is 6.54 Å². The van der Waals surface area contributed by atoms with E-state index in [9.17, 15) is 0 Å². The van der Waals surface area contributed by atoms with Crippen molar-refractivity contribution in [1.29, 1.82) is 0 Å². The molecular formula is C12H22N4. The molecule has 90 valence electrons. The largest absolute Gasteiger partial charge is 0.305 e. The Morgan fingerprint density at radius 2 is 2.19 bits per heavy atom. The Hall–Kier alpha value is -0.900. The number of nitrogens with one attached hydrogen (secondary N) is 1. The van der Waals surface area contributed by atoms with Gasteiger partial charge in [-0.2, -0.15) is 5.10 Å². The van der Waals surface area contributed by atoms with Crippen molar-refractivity contribution in [3.63, 3.8) is 0 Å². The minimum absolute atomic E-state index is 0.403. The minimum atomic E-state index is 0.403. The molecule has 0 saturated heterocycles. The van der Waals surface area contributed by atoms with Crippen molar-refractivity contribution >= 4 is 0 Å². The highest BCUT2D eigenvalue weighted by Crippen LogP contribution is 2.24. The first kappa shape index (κ1) is 11.6. The lowest BCUT2D eigenvalue weighted by atomic mass is 10.0. The van der Waals surface area contributed by atoms with Gasteiger partial charge in [-0.15, -0.1) is 0 Å². The summed E-state index contributed by atoms with van der Waals surface area (Å²) in [5, 5.41) is 8.13. The predicted molar refractivity (Wildman–Crippen MR) is 64.2 cm³/mol. The fraction of sp³-hybridized carbons (Fsp3) is 0.833. The third kappa shape index (κ3) is 2.26. The van der Waals surface area contributed by atoms with Crippen LogP contribution in [0.25, 0.3) is 0 Å². The minimum Gasteiger partial charge on any atom is -0.305 e. The maximum absolute atomic E-state index is 4.54. The van der Waals surface area contributed by atoms with E-state index in [1.54, 1.807) is 0 Å². The van der Waals surface area contributed by atoms with Gasteiger partial charge in [-0.1, -0.05) is 13.8 Å². The van der Waals surface area contributed by atoms with E-state index >= 15 is 0 Å². The monoisotopic (exact) mass is 222 g/mol. The summed E-state index contributed by atoms with van der Waals surface area (Å²) in [7, 11) is 0. The third-order valence-electron chi connectivity index (χ3n) is 3.40. The number of aryl methyl sites for hydroxylation is 2. The van der Waals surface area contributed by atoms with Crippen LogP contribution in [0, 0.1) is 6.92 Å². The van der Waals surface area contributed by atoms with Crippen LogP contribution in [0.4, 0.5) is 0 Å². The summed E-state index contributed by atoms with van der Waals surface area (Å²) >= 11 is 0. The fourth-order valence-electron chi connectivity index (χ4n) is 2.44. The molecular weight excluding hydrogens is 200 g/mol. The van der Waals surface area contributed by atoms with Crippen molar-refractivity contribution in [2.75, 3.05) is 0 Å². The van der Waals surface area contributed by atoms with E-state index < -0.39 is 0 Å². The molecule has 0 amide bonds. The summed E-state index contributed by atoms with van der Waals surface area (Å²) in [4.78, 5) is 4.54. The highest BCUT2D eigenvalue weighted by atomic mass is 15.4. The van der Waals surface area contributed by atoms with E-state index in [2.05, 4.69) is 33.9 Å². The molecule has 1 aliphatic heterocycles. The second-order valence-electron chi connectivity index (χ2n) is 4.62. The van der Waals surface area contributed by atoms with Gasteiger partial charge in [0.25, 0.3) is 0 Å². The molecule has 1 aliphatic rings. The predicted octanol–water partition coefficient (Wildman–Crippen LogP) is 2.20. The van der Waals surface area contributed by atoms with Crippen molar-refractivity contribution in [3.8, 4) is 0 Å². The lowest BCUT2D eigenvalue weighted by Gasteiger charge is -2.27. The standard InChI is InChI=1S/C12H22N4/c1-4-10(5-2)14-11-7-6-8-16-12(11)13-9(3)15-16/h10-11,14H,4-8H2,1-3H3. The van der Waals surface area contributed by atoms with Gasteiger partial charge in [0.05, 0.1) is 6.04 Å². The summed E-state index contributed by atoms with van der Waals surface area (Å²) in [6.07, 6.45) is 4.75. The lowest BCUT2D eigenvalue weighted by molar-refractivity contribution is 0.326. The summed E-state index contributed by atoms with van der Waals surface area (Å²) in [6.45, 7) is 7.47. The number of fused-ring (bicyclic) bond motifs is 1. The normalized spacial score (nSPS) is 20.1. The van der Waals surface area contributed by atoms with Crippen LogP contribution in [0.1, 0.15) is 57.2 Å². The Bertz CT molecular complexity index is 341. The number of aromatic nitrogens is 3. The summed E-state index contributed by atoms with van der Waals surface area (Å²) in [6, 6.07) is 1.01. The SMILES string of the molecule is CCC(CC)NC1CCCn2nc(C)nc21. The topological polar surface area (TPSA) is 42.7 Å². The average molecular weight is 222 g/mol. The quantitative estimate of drug-likeness (QED) is 0.849. The smallest absolute Gasteiger partial charge is 0.147 e. The van der Waals surface area contributed by atoms with Gasteiger partial charge < -0.3 is 5.32 Å². The van der Waals surface area contributed by atoms with E-state index in [0.29, 0.717) is 12.1 Å². The molecule has 0 aromatic carbocycles. The first-order valence-electron chi connectivity index (χ1n) is 6.42. The van der Waals surface area contributed by atoms with Crippen LogP contribution in [0.15, 0.2) is 0 Å². The molecule has 1 aromatic rings. The molecule has 0 bridgehead atoms. The third-order valence-corrected chi connectivity index (χ3v) is 3.40. The zero-order valence-electron chi connectivity index (χ0n) is 10.5. The molecule has 2 rings (SSSR count). The van der Waals surface area contributed by atoms with Crippen molar-refractivity contribution in [1.82, 2.24) is 20.1 Å². The van der Waals surface area contributed by atoms with Gasteiger partial charge in [0.15, 0.2) is 0 Å². The van der Waals surface area contributed by atoms with E-state index in [1.165, 1.54) is 25.7 Å². The zero-order valence-corrected chi connectivity index (χ0v) is 10.5. The fourth-order valence-corrected chi connectivity index (χ4v) is 2.44. The maximum Gasteiger partial charge on any atom is 0.147 e. The molecule has 1 atom stereocenters. The number of rotatable bonds is 4. The molecule has 0 radical (unpaired) electrons. The first-order chi connectivity index (χ1) is 7.74. The van der Waals surface area contributed by atoms with Gasteiger partial charge in [-0.3, -0.25) is 0 Å². The average Bonchev–Trinajstić information content (AvgIpc) is 2.67. The number of hydrogen-bond acceptors (Lipinski definition) is 3. The molecule has 1 N–H and O–H groups in total. The van der Waals surface area contributed by atoms with Gasteiger partial charge in [0, 0.05) is 12.6 Å². The Morgan fingerprint density at radius 3 is 2.88 bits per heavy atom. The van der Waals surface area contributed by atoms with Crippen LogP contribution in [0.2, 0.25) is 0 Å². The number of nitrogens with zero attached hydrogens (tertiary/aromatic N) is 3. The summed E-state index contributed by atoms with van der Waals surface area (Å²) in [5.41, 5.74) is 0. The molecule has 1 aromatic heterocycles. The van der Waals surface area contributed by atoms with Crippen LogP contribution in [0.3, 0.4) is 0 Å². The molecule has 0 fully saturated rings. The van der Waals surface area contributed by atoms with Crippen molar-refractivity contribution < 1.29 is 0 Å². The van der Waals surface area contributed by atoms with Crippen molar-refractivity contribution in [2.24, 2.45) is 0 Å². The molecule has 0 spiro atoms. The van der Waals surface area contributed by atoms with Gasteiger partial charge in [0.2, 0.25) is 0 Å². The zero-order chi connectivity index (χ0) is 11.5. The second-order valence-corrected chi connectivity index (χ2v) is 4.62. The van der Waals surface area contributed by atoms with Crippen LogP contribution < -0.4 is 5.32 Å². The Labute approximate surface area is 97.5 Å². The molecule has 2 heterocycles. The van der Waals surface area contributed by atoms with E-state index in [-0.39, 0.29) is 0 Å². The van der Waals surface area contributed by atoms with E-state index in [4.69, 9.17) is 0 Å². The molecule has 16 heavy (non-hydrogen) atoms. The Kier molecular flexibility index (Phi) is 3.59. The number of hydrogen-bond donors (Lipinski definition) is 1. The molecule has 0 aliphatic carbocycles. The van der Waals surface area contributed by atoms with Gasteiger partial charge in [-0.05, 0) is 32.6 Å². The summed E-state index contributed by atoms with van der Waals surface area (Å²) < 4.78 is 2.07. The Morgan fingerprint density at radius 1 is 1.44 bits per heavy atom. The second kappa shape index (κ2) is 4.95. The van der Waals surface area contributed by atoms with Crippen molar-refractivity contribution in [3.05, 3.63) is 11.6 Å². The molecule has 4 nitrogen and oxygen atoms in total.